The van der Waals surface area contributed by atoms with Gasteiger partial charge in [-0.2, -0.15) is 0 Å². The highest BCUT2D eigenvalue weighted by molar-refractivity contribution is 14.0. The van der Waals surface area contributed by atoms with Gasteiger partial charge in [-0.05, 0) is 35.7 Å². The van der Waals surface area contributed by atoms with E-state index >= 15 is 0 Å². The summed E-state index contributed by atoms with van der Waals surface area (Å²) < 4.78 is 10.6. The van der Waals surface area contributed by atoms with Crippen molar-refractivity contribution < 1.29 is 9.47 Å². The van der Waals surface area contributed by atoms with Gasteiger partial charge in [-0.1, -0.05) is 36.4 Å². The van der Waals surface area contributed by atoms with E-state index in [1.807, 2.05) is 0 Å². The zero-order valence-electron chi connectivity index (χ0n) is 19.8. The lowest BCUT2D eigenvalue weighted by atomic mass is 10.1. The molecule has 8 heteroatoms. The van der Waals surface area contributed by atoms with Crippen LogP contribution in [0.25, 0.3) is 0 Å². The van der Waals surface area contributed by atoms with Gasteiger partial charge in [0.1, 0.15) is 0 Å². The van der Waals surface area contributed by atoms with Crippen LogP contribution < -0.4 is 16.0 Å². The molecule has 7 nitrogen and oxygen atoms in total. The number of morpholine rings is 1. The normalized spacial score (nSPS) is 14.4. The number of hydrogen-bond acceptors (Lipinski definition) is 5. The van der Waals surface area contributed by atoms with E-state index in [0.717, 1.165) is 64.1 Å². The molecule has 3 rings (SSSR count). The Bertz CT molecular complexity index is 826. The molecule has 33 heavy (non-hydrogen) atoms. The highest BCUT2D eigenvalue weighted by Crippen LogP contribution is 2.13. The molecule has 0 unspecified atom stereocenters. The fourth-order valence-corrected chi connectivity index (χ4v) is 3.60. The predicted octanol–water partition coefficient (Wildman–Crippen LogP) is 3.45. The zero-order valence-corrected chi connectivity index (χ0v) is 22.1. The predicted molar refractivity (Wildman–Crippen MR) is 146 cm³/mol. The van der Waals surface area contributed by atoms with Crippen molar-refractivity contribution in [3.05, 3.63) is 65.2 Å². The minimum atomic E-state index is 0. The molecule has 1 saturated heterocycles. The Balaban J connectivity index is 0.00000385. The maximum Gasteiger partial charge on any atom is 0.191 e. The van der Waals surface area contributed by atoms with Crippen LogP contribution in [0.3, 0.4) is 0 Å². The van der Waals surface area contributed by atoms with Gasteiger partial charge >= 0.3 is 0 Å². The number of guanidine groups is 1. The van der Waals surface area contributed by atoms with Crippen molar-refractivity contribution in [3.63, 3.8) is 0 Å². The largest absolute Gasteiger partial charge is 0.383 e. The van der Waals surface area contributed by atoms with Gasteiger partial charge in [0.25, 0.3) is 0 Å². The number of halogens is 1. The number of methoxy groups -OCH3 is 1. The standard InChI is InChI=1S/C25H37N5O2.HI/c1-3-26-25(28-18-21-8-10-24(11-9-21)27-12-15-31-2)29-19-22-6-4-5-7-23(22)20-30-13-16-32-17-14-30;/h4-11,27H,3,12-20H2,1-2H3,(H2,26,28,29);1H. The zero-order chi connectivity index (χ0) is 22.4. The molecule has 0 aliphatic carbocycles. The molecule has 0 spiro atoms. The number of rotatable bonds is 11. The average molecular weight is 568 g/mol. The summed E-state index contributed by atoms with van der Waals surface area (Å²) in [6.45, 7) is 10.4. The van der Waals surface area contributed by atoms with E-state index in [0.29, 0.717) is 13.2 Å². The molecule has 0 bridgehead atoms. The van der Waals surface area contributed by atoms with Crippen LogP contribution in [0.15, 0.2) is 53.5 Å². The SMILES string of the molecule is CCNC(=NCc1ccc(NCCOC)cc1)NCc1ccccc1CN1CCOCC1.I. The second kappa shape index (κ2) is 15.9. The second-order valence-electron chi connectivity index (χ2n) is 7.82. The first-order valence-corrected chi connectivity index (χ1v) is 11.5. The van der Waals surface area contributed by atoms with Crippen LogP contribution in [-0.4, -0.2) is 64.0 Å². The first-order valence-electron chi connectivity index (χ1n) is 11.5. The minimum Gasteiger partial charge on any atom is -0.383 e. The van der Waals surface area contributed by atoms with Gasteiger partial charge < -0.3 is 25.4 Å². The molecule has 1 fully saturated rings. The van der Waals surface area contributed by atoms with Crippen LogP contribution in [0, 0.1) is 0 Å². The molecule has 3 N–H and O–H groups in total. The van der Waals surface area contributed by atoms with Crippen LogP contribution in [0.5, 0.6) is 0 Å². The molecule has 1 heterocycles. The summed E-state index contributed by atoms with van der Waals surface area (Å²) in [7, 11) is 1.71. The number of ether oxygens (including phenoxy) is 2. The fourth-order valence-electron chi connectivity index (χ4n) is 3.60. The molecule has 0 amide bonds. The third kappa shape index (κ3) is 9.87. The summed E-state index contributed by atoms with van der Waals surface area (Å²) in [5.41, 5.74) is 4.93. The lowest BCUT2D eigenvalue weighted by Gasteiger charge is -2.27. The second-order valence-corrected chi connectivity index (χ2v) is 7.82. The van der Waals surface area contributed by atoms with Crippen molar-refractivity contribution >= 4 is 35.6 Å². The number of anilines is 1. The topological polar surface area (TPSA) is 70.2 Å². The van der Waals surface area contributed by atoms with Crippen LogP contribution >= 0.6 is 24.0 Å². The molecule has 1 aliphatic rings. The Morgan fingerprint density at radius 3 is 2.45 bits per heavy atom. The van der Waals surface area contributed by atoms with Crippen LogP contribution in [0.4, 0.5) is 5.69 Å². The Kier molecular flexibility index (Phi) is 13.2. The molecule has 182 valence electrons. The Hall–Kier alpha value is -1.88. The number of hydrogen-bond donors (Lipinski definition) is 3. The first-order chi connectivity index (χ1) is 15.8. The molecule has 2 aromatic rings. The molecule has 0 aromatic heterocycles. The van der Waals surface area contributed by atoms with Crippen molar-refractivity contribution in [2.45, 2.75) is 26.6 Å². The maximum absolute atomic E-state index is 5.48. The minimum absolute atomic E-state index is 0. The van der Waals surface area contributed by atoms with E-state index in [1.54, 1.807) is 7.11 Å². The smallest absolute Gasteiger partial charge is 0.191 e. The maximum atomic E-state index is 5.48. The summed E-state index contributed by atoms with van der Waals surface area (Å²) >= 11 is 0. The van der Waals surface area contributed by atoms with Gasteiger partial charge in [0.15, 0.2) is 5.96 Å². The molecule has 0 atom stereocenters. The number of benzene rings is 2. The molecule has 1 aliphatic heterocycles. The summed E-state index contributed by atoms with van der Waals surface area (Å²) in [6.07, 6.45) is 0. The van der Waals surface area contributed by atoms with Gasteiger partial charge in [0.05, 0.1) is 26.4 Å². The van der Waals surface area contributed by atoms with E-state index in [9.17, 15) is 0 Å². The average Bonchev–Trinajstić information content (AvgIpc) is 2.83. The molecule has 0 radical (unpaired) electrons. The highest BCUT2D eigenvalue weighted by atomic mass is 127. The van der Waals surface area contributed by atoms with Gasteiger partial charge in [0, 0.05) is 52.1 Å². The monoisotopic (exact) mass is 567 g/mol. The van der Waals surface area contributed by atoms with E-state index in [2.05, 4.69) is 76.3 Å². The highest BCUT2D eigenvalue weighted by Gasteiger charge is 2.12. The quantitative estimate of drug-likeness (QED) is 0.167. The lowest BCUT2D eigenvalue weighted by molar-refractivity contribution is 0.0341. The van der Waals surface area contributed by atoms with Crippen molar-refractivity contribution in [1.82, 2.24) is 15.5 Å². The third-order valence-electron chi connectivity index (χ3n) is 5.42. The fraction of sp³-hybridized carbons (Fsp3) is 0.480. The van der Waals surface area contributed by atoms with Gasteiger partial charge in [0.2, 0.25) is 0 Å². The molecule has 0 saturated carbocycles. The number of nitrogens with one attached hydrogen (secondary N) is 3. The molecular formula is C25H38IN5O2. The molecule has 2 aromatic carbocycles. The third-order valence-corrected chi connectivity index (χ3v) is 5.42. The van der Waals surface area contributed by atoms with Crippen LogP contribution in [0.2, 0.25) is 0 Å². The summed E-state index contributed by atoms with van der Waals surface area (Å²) in [6, 6.07) is 17.0. The van der Waals surface area contributed by atoms with Gasteiger partial charge in [-0.15, -0.1) is 24.0 Å². The summed E-state index contributed by atoms with van der Waals surface area (Å²) in [4.78, 5) is 7.23. The van der Waals surface area contributed by atoms with Crippen molar-refractivity contribution in [3.8, 4) is 0 Å². The lowest BCUT2D eigenvalue weighted by Crippen LogP contribution is -2.38. The Morgan fingerprint density at radius 2 is 1.76 bits per heavy atom. The van der Waals surface area contributed by atoms with E-state index < -0.39 is 0 Å². The Labute approximate surface area is 215 Å². The van der Waals surface area contributed by atoms with Crippen LogP contribution in [-0.2, 0) is 29.1 Å². The van der Waals surface area contributed by atoms with Gasteiger partial charge in [-0.3, -0.25) is 4.90 Å². The number of nitrogens with zero attached hydrogens (tertiary/aromatic N) is 2. The number of aliphatic imine (C=N–C) groups is 1. The summed E-state index contributed by atoms with van der Waals surface area (Å²) in [5.74, 6) is 0.830. The van der Waals surface area contributed by atoms with E-state index in [-0.39, 0.29) is 24.0 Å². The van der Waals surface area contributed by atoms with E-state index in [4.69, 9.17) is 14.5 Å². The van der Waals surface area contributed by atoms with Crippen molar-refractivity contribution in [1.29, 1.82) is 0 Å². The molecular weight excluding hydrogens is 529 g/mol. The van der Waals surface area contributed by atoms with Gasteiger partial charge in [-0.25, -0.2) is 4.99 Å². The summed E-state index contributed by atoms with van der Waals surface area (Å²) in [5, 5.41) is 10.2. The first kappa shape index (κ1) is 27.4. The van der Waals surface area contributed by atoms with Crippen LogP contribution in [0.1, 0.15) is 23.6 Å². The van der Waals surface area contributed by atoms with Crippen molar-refractivity contribution in [2.24, 2.45) is 4.99 Å². The van der Waals surface area contributed by atoms with E-state index in [1.165, 1.54) is 16.7 Å². The Morgan fingerprint density at radius 1 is 1.03 bits per heavy atom. The van der Waals surface area contributed by atoms with Crippen molar-refractivity contribution in [2.75, 3.05) is 58.4 Å².